The van der Waals surface area contributed by atoms with E-state index < -0.39 is 6.10 Å². The minimum Gasteiger partial charge on any atom is -0.390 e. The summed E-state index contributed by atoms with van der Waals surface area (Å²) in [4.78, 5) is 27.0. The molecule has 25 heavy (non-hydrogen) atoms. The van der Waals surface area contributed by atoms with Gasteiger partial charge in [0.2, 0.25) is 0 Å². The summed E-state index contributed by atoms with van der Waals surface area (Å²) in [5, 5.41) is 11.4. The molecule has 2 aromatic heterocycles. The van der Waals surface area contributed by atoms with Gasteiger partial charge in [-0.2, -0.15) is 0 Å². The van der Waals surface area contributed by atoms with Gasteiger partial charge in [0, 0.05) is 61.9 Å². The van der Waals surface area contributed by atoms with E-state index in [0.29, 0.717) is 38.3 Å². The highest BCUT2D eigenvalue weighted by Crippen LogP contribution is 2.17. The second-order valence-electron chi connectivity index (χ2n) is 6.50. The highest BCUT2D eigenvalue weighted by molar-refractivity contribution is 5.98. The molecule has 0 aliphatic carbocycles. The Labute approximate surface area is 145 Å². The summed E-state index contributed by atoms with van der Waals surface area (Å²) in [5.41, 5.74) is 2.59. The number of hydrogen-bond donors (Lipinski definition) is 3. The van der Waals surface area contributed by atoms with Crippen molar-refractivity contribution in [2.75, 3.05) is 26.2 Å². The van der Waals surface area contributed by atoms with Gasteiger partial charge in [0.1, 0.15) is 0 Å². The van der Waals surface area contributed by atoms with E-state index >= 15 is 0 Å². The molecule has 3 N–H and O–H groups in total. The second-order valence-corrected chi connectivity index (χ2v) is 6.50. The molecule has 1 fully saturated rings. The number of benzene rings is 1. The molecule has 1 aliphatic rings. The first-order chi connectivity index (χ1) is 12.2. The van der Waals surface area contributed by atoms with Crippen LogP contribution in [-0.4, -0.2) is 68.0 Å². The molecular weight excluding hydrogens is 318 g/mol. The number of aromatic nitrogens is 3. The van der Waals surface area contributed by atoms with Crippen LogP contribution in [-0.2, 0) is 6.54 Å². The minimum atomic E-state index is -0.566. The van der Waals surface area contributed by atoms with Crippen LogP contribution in [0.4, 0.5) is 0 Å². The maximum atomic E-state index is 12.9. The van der Waals surface area contributed by atoms with E-state index in [0.717, 1.165) is 16.6 Å². The standard InChI is InChI=1S/C18H21N5O2/c24-16-10-22(9-15-8-19-12-21-15)5-6-23(11-16)18(25)14-2-1-13-3-4-20-17(13)7-14/h1-4,7-8,12,16,20,24H,5-6,9-11H2,(H,19,21)/t16-/m0/s1. The molecule has 3 heterocycles. The van der Waals surface area contributed by atoms with E-state index in [9.17, 15) is 9.90 Å². The van der Waals surface area contributed by atoms with E-state index in [1.54, 1.807) is 17.4 Å². The van der Waals surface area contributed by atoms with Gasteiger partial charge < -0.3 is 20.0 Å². The fourth-order valence-electron chi connectivity index (χ4n) is 3.36. The third kappa shape index (κ3) is 3.42. The largest absolute Gasteiger partial charge is 0.390 e. The van der Waals surface area contributed by atoms with Crippen molar-refractivity contribution in [3.8, 4) is 0 Å². The Hall–Kier alpha value is -2.64. The lowest BCUT2D eigenvalue weighted by molar-refractivity contribution is 0.0663. The van der Waals surface area contributed by atoms with Gasteiger partial charge in [0.25, 0.3) is 5.91 Å². The third-order valence-electron chi connectivity index (χ3n) is 4.62. The highest BCUT2D eigenvalue weighted by Gasteiger charge is 2.25. The monoisotopic (exact) mass is 339 g/mol. The summed E-state index contributed by atoms with van der Waals surface area (Å²) < 4.78 is 0. The van der Waals surface area contributed by atoms with Crippen LogP contribution in [0.3, 0.4) is 0 Å². The summed E-state index contributed by atoms with van der Waals surface area (Å²) in [6.07, 6.45) is 4.73. The lowest BCUT2D eigenvalue weighted by Crippen LogP contribution is -2.37. The topological polar surface area (TPSA) is 88.3 Å². The molecule has 7 heteroatoms. The van der Waals surface area contributed by atoms with Crippen molar-refractivity contribution >= 4 is 16.8 Å². The van der Waals surface area contributed by atoms with Crippen LogP contribution >= 0.6 is 0 Å². The van der Waals surface area contributed by atoms with E-state index in [1.165, 1.54) is 0 Å². The zero-order valence-electron chi connectivity index (χ0n) is 13.9. The highest BCUT2D eigenvalue weighted by atomic mass is 16.3. The first-order valence-electron chi connectivity index (χ1n) is 8.43. The lowest BCUT2D eigenvalue weighted by atomic mass is 10.1. The van der Waals surface area contributed by atoms with Crippen molar-refractivity contribution in [3.05, 3.63) is 54.2 Å². The molecule has 1 amide bonds. The SMILES string of the molecule is O=C(c1ccc2cc[nH]c2c1)N1CCN(Cc2cnc[nH]2)C[C@H](O)C1. The first kappa shape index (κ1) is 15.9. The van der Waals surface area contributed by atoms with Crippen molar-refractivity contribution < 1.29 is 9.90 Å². The van der Waals surface area contributed by atoms with Crippen LogP contribution in [0.2, 0.25) is 0 Å². The van der Waals surface area contributed by atoms with E-state index in [-0.39, 0.29) is 5.91 Å². The van der Waals surface area contributed by atoms with Crippen molar-refractivity contribution in [2.24, 2.45) is 0 Å². The number of carbonyl (C=O) groups excluding carboxylic acids is 1. The third-order valence-corrected chi connectivity index (χ3v) is 4.62. The average Bonchev–Trinajstić information content (AvgIpc) is 3.24. The number of imidazole rings is 1. The fraction of sp³-hybridized carbons (Fsp3) is 0.333. The number of amides is 1. The molecule has 0 radical (unpaired) electrons. The molecule has 0 unspecified atom stereocenters. The van der Waals surface area contributed by atoms with E-state index in [2.05, 4.69) is 19.9 Å². The second kappa shape index (κ2) is 6.70. The predicted molar refractivity (Wildman–Crippen MR) is 94.1 cm³/mol. The number of carbonyl (C=O) groups is 1. The normalized spacial score (nSPS) is 19.2. The molecule has 7 nitrogen and oxygen atoms in total. The van der Waals surface area contributed by atoms with E-state index in [4.69, 9.17) is 0 Å². The smallest absolute Gasteiger partial charge is 0.254 e. The number of aromatic amines is 2. The van der Waals surface area contributed by atoms with Crippen molar-refractivity contribution in [2.45, 2.75) is 12.6 Å². The zero-order chi connectivity index (χ0) is 17.2. The van der Waals surface area contributed by atoms with Crippen LogP contribution in [0.1, 0.15) is 16.1 Å². The molecule has 4 rings (SSSR count). The zero-order valence-corrected chi connectivity index (χ0v) is 13.9. The molecule has 1 atom stereocenters. The molecule has 1 saturated heterocycles. The van der Waals surface area contributed by atoms with Gasteiger partial charge in [0.05, 0.1) is 12.4 Å². The van der Waals surface area contributed by atoms with Crippen molar-refractivity contribution in [1.82, 2.24) is 24.8 Å². The molecular formula is C18H21N5O2. The van der Waals surface area contributed by atoms with Gasteiger partial charge in [-0.15, -0.1) is 0 Å². The van der Waals surface area contributed by atoms with E-state index in [1.807, 2.05) is 30.5 Å². The number of β-amino-alcohol motifs (C(OH)–C–C–N with tert-alkyl or cyclic N) is 1. The summed E-state index contributed by atoms with van der Waals surface area (Å²) in [7, 11) is 0. The molecule has 0 bridgehead atoms. The number of nitrogens with zero attached hydrogens (tertiary/aromatic N) is 3. The van der Waals surface area contributed by atoms with Gasteiger partial charge in [-0.05, 0) is 23.6 Å². The first-order valence-corrected chi connectivity index (χ1v) is 8.43. The Morgan fingerprint density at radius 2 is 2.16 bits per heavy atom. The molecule has 0 saturated carbocycles. The number of aliphatic hydroxyl groups is 1. The van der Waals surface area contributed by atoms with Gasteiger partial charge in [-0.1, -0.05) is 6.07 Å². The van der Waals surface area contributed by atoms with Crippen LogP contribution < -0.4 is 0 Å². The lowest BCUT2D eigenvalue weighted by Gasteiger charge is -2.22. The van der Waals surface area contributed by atoms with Gasteiger partial charge >= 0.3 is 0 Å². The number of aliphatic hydroxyl groups excluding tert-OH is 1. The van der Waals surface area contributed by atoms with Crippen LogP contribution in [0.5, 0.6) is 0 Å². The summed E-state index contributed by atoms with van der Waals surface area (Å²) in [6.45, 7) is 2.88. The van der Waals surface area contributed by atoms with Gasteiger partial charge in [-0.3, -0.25) is 9.69 Å². The van der Waals surface area contributed by atoms with Crippen LogP contribution in [0.15, 0.2) is 43.0 Å². The Morgan fingerprint density at radius 1 is 1.24 bits per heavy atom. The summed E-state index contributed by atoms with van der Waals surface area (Å²) in [6, 6.07) is 7.64. The summed E-state index contributed by atoms with van der Waals surface area (Å²) >= 11 is 0. The Balaban J connectivity index is 1.47. The number of rotatable bonds is 3. The predicted octanol–water partition coefficient (Wildman–Crippen LogP) is 1.21. The Kier molecular flexibility index (Phi) is 4.25. The molecule has 1 aliphatic heterocycles. The average molecular weight is 339 g/mol. The summed E-state index contributed by atoms with van der Waals surface area (Å²) in [5.74, 6) is -0.0426. The Morgan fingerprint density at radius 3 is 3.00 bits per heavy atom. The molecule has 130 valence electrons. The van der Waals surface area contributed by atoms with Gasteiger partial charge in [-0.25, -0.2) is 4.98 Å². The Bertz CT molecular complexity index is 857. The van der Waals surface area contributed by atoms with Crippen molar-refractivity contribution in [3.63, 3.8) is 0 Å². The number of nitrogens with one attached hydrogen (secondary N) is 2. The number of hydrogen-bond acceptors (Lipinski definition) is 4. The van der Waals surface area contributed by atoms with Crippen LogP contribution in [0, 0.1) is 0 Å². The number of fused-ring (bicyclic) bond motifs is 1. The molecule has 0 spiro atoms. The van der Waals surface area contributed by atoms with Crippen molar-refractivity contribution in [1.29, 1.82) is 0 Å². The maximum absolute atomic E-state index is 12.9. The fourth-order valence-corrected chi connectivity index (χ4v) is 3.36. The minimum absolute atomic E-state index is 0.0426. The van der Waals surface area contributed by atoms with Crippen LogP contribution in [0.25, 0.3) is 10.9 Å². The van der Waals surface area contributed by atoms with Gasteiger partial charge in [0.15, 0.2) is 0 Å². The maximum Gasteiger partial charge on any atom is 0.254 e. The molecule has 3 aromatic rings. The number of H-pyrrole nitrogens is 2. The molecule has 1 aromatic carbocycles. The quantitative estimate of drug-likeness (QED) is 0.669.